The van der Waals surface area contributed by atoms with Gasteiger partial charge >= 0.3 is 0 Å². The van der Waals surface area contributed by atoms with Gasteiger partial charge in [0.15, 0.2) is 17.3 Å². The van der Waals surface area contributed by atoms with E-state index in [0.717, 1.165) is 15.6 Å². The molecule has 0 N–H and O–H groups in total. The molecule has 2 aliphatic carbocycles. The fourth-order valence-electron chi connectivity index (χ4n) is 6.54. The van der Waals surface area contributed by atoms with Gasteiger partial charge in [-0.25, -0.2) is 0 Å². The Morgan fingerprint density at radius 2 is 1.25 bits per heavy atom. The highest BCUT2D eigenvalue weighted by molar-refractivity contribution is 9.10. The lowest BCUT2D eigenvalue weighted by Gasteiger charge is -2.48. The Balaban J connectivity index is 1.59. The Morgan fingerprint density at radius 3 is 1.85 bits per heavy atom. The van der Waals surface area contributed by atoms with E-state index in [1.807, 2.05) is 84.9 Å². The number of allylic oxidation sites excluding steroid dienone is 1. The molecule has 1 saturated carbocycles. The summed E-state index contributed by atoms with van der Waals surface area (Å²) in [7, 11) is 0. The Kier molecular flexibility index (Phi) is 6.77. The van der Waals surface area contributed by atoms with Crippen LogP contribution in [0.25, 0.3) is 6.08 Å². The lowest BCUT2D eigenvalue weighted by atomic mass is 9.50. The summed E-state index contributed by atoms with van der Waals surface area (Å²) in [6.45, 7) is 0. The minimum Gasteiger partial charge on any atom is -0.299 e. The largest absolute Gasteiger partial charge is 0.299 e. The molecule has 1 fully saturated rings. The standard InChI is InChI=1S/C35H25BrO4/c36-25-18-16-24(17-19-25)32-31(29(37)20-15-22-9-3-1-4-10-22)30(38)21-28(23-11-5-2-6-12-23)35(32)33(39)26-13-7-8-14-27(26)34(35)40/h1-20,28,31-32H,21H2/b20-15+. The summed E-state index contributed by atoms with van der Waals surface area (Å²) < 4.78 is 0.811. The van der Waals surface area contributed by atoms with Crippen LogP contribution in [-0.4, -0.2) is 23.1 Å². The number of carbonyl (C=O) groups excluding carboxylic acids is 4. The van der Waals surface area contributed by atoms with Crippen molar-refractivity contribution in [1.82, 2.24) is 0 Å². The van der Waals surface area contributed by atoms with Gasteiger partial charge in [-0.2, -0.15) is 0 Å². The smallest absolute Gasteiger partial charge is 0.178 e. The minimum absolute atomic E-state index is 0.0852. The van der Waals surface area contributed by atoms with Crippen LogP contribution in [0, 0.1) is 11.3 Å². The lowest BCUT2D eigenvalue weighted by Crippen LogP contribution is -2.55. The van der Waals surface area contributed by atoms with E-state index in [4.69, 9.17) is 0 Å². The molecule has 0 bridgehead atoms. The number of hydrogen-bond acceptors (Lipinski definition) is 4. The maximum Gasteiger partial charge on any atom is 0.178 e. The van der Waals surface area contributed by atoms with Crippen LogP contribution in [0.4, 0.5) is 0 Å². The van der Waals surface area contributed by atoms with Crippen molar-refractivity contribution in [1.29, 1.82) is 0 Å². The Hall–Kier alpha value is -4.22. The molecule has 0 radical (unpaired) electrons. The van der Waals surface area contributed by atoms with Gasteiger partial charge in [-0.3, -0.25) is 19.2 Å². The zero-order valence-corrected chi connectivity index (χ0v) is 23.1. The zero-order valence-electron chi connectivity index (χ0n) is 21.5. The summed E-state index contributed by atoms with van der Waals surface area (Å²) in [4.78, 5) is 57.2. The van der Waals surface area contributed by atoms with Gasteiger partial charge in [0.2, 0.25) is 0 Å². The van der Waals surface area contributed by atoms with Crippen molar-refractivity contribution in [2.45, 2.75) is 18.3 Å². The van der Waals surface area contributed by atoms with Crippen molar-refractivity contribution >= 4 is 45.1 Å². The molecule has 0 amide bonds. The summed E-state index contributed by atoms with van der Waals surface area (Å²) in [6, 6.07) is 32.7. The molecular weight excluding hydrogens is 564 g/mol. The van der Waals surface area contributed by atoms with Crippen LogP contribution in [-0.2, 0) is 9.59 Å². The Morgan fingerprint density at radius 1 is 0.700 bits per heavy atom. The lowest BCUT2D eigenvalue weighted by molar-refractivity contribution is -0.135. The zero-order chi connectivity index (χ0) is 27.9. The molecule has 3 atom stereocenters. The number of hydrogen-bond donors (Lipinski definition) is 0. The van der Waals surface area contributed by atoms with E-state index >= 15 is 0 Å². The van der Waals surface area contributed by atoms with Crippen molar-refractivity contribution in [2.24, 2.45) is 11.3 Å². The first-order chi connectivity index (χ1) is 19.4. The fourth-order valence-corrected chi connectivity index (χ4v) is 6.81. The van der Waals surface area contributed by atoms with Gasteiger partial charge in [0.25, 0.3) is 0 Å². The average Bonchev–Trinajstić information content (AvgIpc) is 3.21. The van der Waals surface area contributed by atoms with E-state index in [1.54, 1.807) is 30.3 Å². The number of carbonyl (C=O) groups is 4. The highest BCUT2D eigenvalue weighted by Crippen LogP contribution is 2.62. The molecule has 3 unspecified atom stereocenters. The van der Waals surface area contributed by atoms with Crippen LogP contribution in [0.5, 0.6) is 0 Å². The van der Waals surface area contributed by atoms with E-state index in [-0.39, 0.29) is 23.8 Å². The molecule has 0 aliphatic heterocycles. The second-order valence-electron chi connectivity index (χ2n) is 10.4. The van der Waals surface area contributed by atoms with Crippen LogP contribution in [0.15, 0.2) is 120 Å². The third-order valence-electron chi connectivity index (χ3n) is 8.27. The molecule has 2 aliphatic rings. The Labute approximate surface area is 240 Å². The van der Waals surface area contributed by atoms with Gasteiger partial charge < -0.3 is 0 Å². The maximum atomic E-state index is 14.6. The van der Waals surface area contributed by atoms with Crippen molar-refractivity contribution in [2.75, 3.05) is 0 Å². The van der Waals surface area contributed by atoms with Crippen LogP contribution < -0.4 is 0 Å². The fraction of sp³-hybridized carbons (Fsp3) is 0.143. The Bertz CT molecular complexity index is 1620. The average molecular weight is 589 g/mol. The molecule has 6 rings (SSSR count). The van der Waals surface area contributed by atoms with Crippen LogP contribution >= 0.6 is 15.9 Å². The number of fused-ring (bicyclic) bond motifs is 1. The topological polar surface area (TPSA) is 68.3 Å². The van der Waals surface area contributed by atoms with Crippen LogP contribution in [0.1, 0.15) is 55.7 Å². The van der Waals surface area contributed by atoms with Gasteiger partial charge in [-0.1, -0.05) is 119 Å². The quantitative estimate of drug-likeness (QED) is 0.182. The van der Waals surface area contributed by atoms with Crippen molar-refractivity contribution in [3.63, 3.8) is 0 Å². The first-order valence-corrected chi connectivity index (χ1v) is 14.0. The van der Waals surface area contributed by atoms with E-state index in [9.17, 15) is 19.2 Å². The molecule has 0 saturated heterocycles. The van der Waals surface area contributed by atoms with Crippen molar-refractivity contribution in [3.05, 3.63) is 148 Å². The molecule has 4 aromatic rings. The SMILES string of the molecule is O=C(/C=C/c1ccccc1)C1C(=O)CC(c2ccccc2)C2(C(=O)c3ccccc3C2=O)C1c1ccc(Br)cc1. The summed E-state index contributed by atoms with van der Waals surface area (Å²) in [5.41, 5.74) is 1.20. The van der Waals surface area contributed by atoms with Gasteiger partial charge in [0.1, 0.15) is 11.2 Å². The first-order valence-electron chi connectivity index (χ1n) is 13.2. The number of halogens is 1. The normalized spacial score (nSPS) is 21.6. The number of benzene rings is 4. The monoisotopic (exact) mass is 588 g/mol. The molecule has 4 nitrogen and oxygen atoms in total. The van der Waals surface area contributed by atoms with Crippen molar-refractivity contribution in [3.8, 4) is 0 Å². The number of rotatable bonds is 5. The third kappa shape index (κ3) is 4.13. The summed E-state index contributed by atoms with van der Waals surface area (Å²) >= 11 is 3.47. The number of ketones is 4. The van der Waals surface area contributed by atoms with Gasteiger partial charge in [0.05, 0.1) is 5.92 Å². The summed E-state index contributed by atoms with van der Waals surface area (Å²) in [6.07, 6.45) is 3.01. The highest BCUT2D eigenvalue weighted by Gasteiger charge is 2.67. The predicted molar refractivity (Wildman–Crippen MR) is 157 cm³/mol. The summed E-state index contributed by atoms with van der Waals surface area (Å²) in [5.74, 6) is -4.23. The van der Waals surface area contributed by atoms with E-state index in [0.29, 0.717) is 16.7 Å². The van der Waals surface area contributed by atoms with Crippen molar-refractivity contribution < 1.29 is 19.2 Å². The molecule has 5 heteroatoms. The molecule has 4 aromatic carbocycles. The maximum absolute atomic E-state index is 14.6. The molecule has 40 heavy (non-hydrogen) atoms. The number of Topliss-reactive ketones (excluding diaryl/α,β-unsaturated/α-hetero) is 3. The second-order valence-corrected chi connectivity index (χ2v) is 11.3. The van der Waals surface area contributed by atoms with E-state index < -0.39 is 29.0 Å². The molecule has 196 valence electrons. The van der Waals surface area contributed by atoms with Gasteiger partial charge in [-0.15, -0.1) is 0 Å². The summed E-state index contributed by atoms with van der Waals surface area (Å²) in [5, 5.41) is 0. The third-order valence-corrected chi connectivity index (χ3v) is 8.80. The second kappa shape index (κ2) is 10.4. The highest BCUT2D eigenvalue weighted by atomic mass is 79.9. The van der Waals surface area contributed by atoms with E-state index in [2.05, 4.69) is 15.9 Å². The first kappa shape index (κ1) is 26.0. The van der Waals surface area contributed by atoms with Crippen LogP contribution in [0.3, 0.4) is 0 Å². The molecule has 1 spiro atoms. The minimum atomic E-state index is -1.65. The molecule has 0 aromatic heterocycles. The molecule has 0 heterocycles. The van der Waals surface area contributed by atoms with Gasteiger partial charge in [-0.05, 0) is 34.9 Å². The molecular formula is C35H25BrO4. The predicted octanol–water partition coefficient (Wildman–Crippen LogP) is 7.25. The van der Waals surface area contributed by atoms with Crippen LogP contribution in [0.2, 0.25) is 0 Å². The van der Waals surface area contributed by atoms with Gasteiger partial charge in [0, 0.05) is 33.9 Å². The van der Waals surface area contributed by atoms with E-state index in [1.165, 1.54) is 6.08 Å².